The van der Waals surface area contributed by atoms with Crippen molar-refractivity contribution < 1.29 is 4.79 Å². The predicted octanol–water partition coefficient (Wildman–Crippen LogP) is 5.97. The van der Waals surface area contributed by atoms with Gasteiger partial charge in [0.1, 0.15) is 0 Å². The van der Waals surface area contributed by atoms with Crippen LogP contribution in [0.4, 0.5) is 11.4 Å². The molecule has 0 unspecified atom stereocenters. The molecule has 27 heavy (non-hydrogen) atoms. The highest BCUT2D eigenvalue weighted by Gasteiger charge is 2.38. The van der Waals surface area contributed by atoms with Gasteiger partial charge < -0.3 is 10.6 Å². The van der Waals surface area contributed by atoms with Gasteiger partial charge in [-0.05, 0) is 35.6 Å². The van der Waals surface area contributed by atoms with Crippen molar-refractivity contribution in [1.29, 1.82) is 0 Å². The SMILES string of the molecule is CC1(C)CC(=O)C2=C(C1)Nc1ccccc1N[C@H]2/C(Br)=C/c1ccccc1. The quantitative estimate of drug-likeness (QED) is 0.625. The Morgan fingerprint density at radius 1 is 1.04 bits per heavy atom. The van der Waals surface area contributed by atoms with Gasteiger partial charge in [0, 0.05) is 22.2 Å². The van der Waals surface area contributed by atoms with Gasteiger partial charge in [0.05, 0.1) is 17.4 Å². The van der Waals surface area contributed by atoms with Crippen molar-refractivity contribution in [3.05, 3.63) is 75.9 Å². The molecule has 1 aliphatic heterocycles. The lowest BCUT2D eigenvalue weighted by Crippen LogP contribution is -2.35. The highest BCUT2D eigenvalue weighted by atomic mass is 79.9. The van der Waals surface area contributed by atoms with E-state index >= 15 is 0 Å². The van der Waals surface area contributed by atoms with Crippen molar-refractivity contribution in [2.45, 2.75) is 32.7 Å². The van der Waals surface area contributed by atoms with E-state index < -0.39 is 0 Å². The van der Waals surface area contributed by atoms with Gasteiger partial charge in [0.25, 0.3) is 0 Å². The number of anilines is 2. The Hall–Kier alpha value is -2.33. The fourth-order valence-electron chi connectivity index (χ4n) is 3.89. The van der Waals surface area contributed by atoms with Gasteiger partial charge in [-0.3, -0.25) is 4.79 Å². The van der Waals surface area contributed by atoms with E-state index in [1.807, 2.05) is 36.4 Å². The molecule has 2 aliphatic rings. The van der Waals surface area contributed by atoms with E-state index in [4.69, 9.17) is 0 Å². The number of Topliss-reactive ketones (excluding diaryl/α,β-unsaturated/α-hetero) is 1. The maximum absolute atomic E-state index is 13.1. The first-order valence-electron chi connectivity index (χ1n) is 9.24. The molecule has 2 N–H and O–H groups in total. The molecule has 0 aromatic heterocycles. The van der Waals surface area contributed by atoms with Crippen molar-refractivity contribution >= 4 is 39.2 Å². The van der Waals surface area contributed by atoms with E-state index in [1.54, 1.807) is 0 Å². The van der Waals surface area contributed by atoms with E-state index in [9.17, 15) is 4.79 Å². The predicted molar refractivity (Wildman–Crippen MR) is 116 cm³/mol. The molecule has 2 aromatic rings. The Morgan fingerprint density at radius 2 is 1.70 bits per heavy atom. The van der Waals surface area contributed by atoms with Crippen LogP contribution in [0.5, 0.6) is 0 Å². The van der Waals surface area contributed by atoms with Crippen LogP contribution in [-0.2, 0) is 4.79 Å². The summed E-state index contributed by atoms with van der Waals surface area (Å²) >= 11 is 3.77. The lowest BCUT2D eigenvalue weighted by atomic mass is 9.74. The first-order chi connectivity index (χ1) is 12.9. The van der Waals surface area contributed by atoms with Gasteiger partial charge in [-0.2, -0.15) is 0 Å². The zero-order valence-corrected chi connectivity index (χ0v) is 17.1. The van der Waals surface area contributed by atoms with E-state index in [2.05, 4.69) is 64.7 Å². The fourth-order valence-corrected chi connectivity index (χ4v) is 4.50. The van der Waals surface area contributed by atoms with Gasteiger partial charge in [-0.1, -0.05) is 72.2 Å². The summed E-state index contributed by atoms with van der Waals surface area (Å²) in [6.07, 6.45) is 3.50. The lowest BCUT2D eigenvalue weighted by molar-refractivity contribution is -0.118. The van der Waals surface area contributed by atoms with Crippen LogP contribution >= 0.6 is 15.9 Å². The first kappa shape index (κ1) is 18.1. The van der Waals surface area contributed by atoms with Crippen molar-refractivity contribution in [2.75, 3.05) is 10.6 Å². The number of para-hydroxylation sites is 2. The number of hydrogen-bond acceptors (Lipinski definition) is 3. The molecule has 0 saturated carbocycles. The Bertz CT molecular complexity index is 944. The summed E-state index contributed by atoms with van der Waals surface area (Å²) in [5.74, 6) is 0.206. The summed E-state index contributed by atoms with van der Waals surface area (Å²) in [6, 6.07) is 18.1. The Balaban J connectivity index is 1.83. The molecule has 1 aliphatic carbocycles. The smallest absolute Gasteiger partial charge is 0.163 e. The number of carbonyl (C=O) groups is 1. The summed E-state index contributed by atoms with van der Waals surface area (Å²) in [6.45, 7) is 4.31. The van der Waals surface area contributed by atoms with Crippen LogP contribution in [0.3, 0.4) is 0 Å². The zero-order valence-electron chi connectivity index (χ0n) is 15.6. The molecule has 0 saturated heterocycles. The number of benzene rings is 2. The first-order valence-corrected chi connectivity index (χ1v) is 10.0. The van der Waals surface area contributed by atoms with Gasteiger partial charge in [0.2, 0.25) is 0 Å². The number of carbonyl (C=O) groups excluding carboxylic acids is 1. The maximum atomic E-state index is 13.1. The number of halogens is 1. The van der Waals surface area contributed by atoms with E-state index in [-0.39, 0.29) is 17.2 Å². The molecule has 1 atom stereocenters. The monoisotopic (exact) mass is 422 g/mol. The molecular weight excluding hydrogens is 400 g/mol. The molecule has 0 fully saturated rings. The summed E-state index contributed by atoms with van der Waals surface area (Å²) in [7, 11) is 0. The average molecular weight is 423 g/mol. The fraction of sp³-hybridized carbons (Fsp3) is 0.261. The van der Waals surface area contributed by atoms with Gasteiger partial charge in [-0.15, -0.1) is 0 Å². The van der Waals surface area contributed by atoms with Crippen LogP contribution in [0.25, 0.3) is 6.08 Å². The second-order valence-electron chi connectivity index (χ2n) is 8.02. The van der Waals surface area contributed by atoms with E-state index in [0.29, 0.717) is 6.42 Å². The highest BCUT2D eigenvalue weighted by Crippen LogP contribution is 2.43. The van der Waals surface area contributed by atoms with Crippen molar-refractivity contribution in [3.8, 4) is 0 Å². The van der Waals surface area contributed by atoms with Gasteiger partial charge in [-0.25, -0.2) is 0 Å². The molecule has 0 spiro atoms. The zero-order chi connectivity index (χ0) is 19.0. The summed E-state index contributed by atoms with van der Waals surface area (Å²) in [5.41, 5.74) is 4.94. The molecule has 4 rings (SSSR count). The van der Waals surface area contributed by atoms with Crippen LogP contribution < -0.4 is 10.6 Å². The number of fused-ring (bicyclic) bond motifs is 1. The third-order valence-corrected chi connectivity index (χ3v) is 5.79. The number of rotatable bonds is 2. The Morgan fingerprint density at radius 3 is 2.44 bits per heavy atom. The van der Waals surface area contributed by atoms with E-state index in [0.717, 1.165) is 39.1 Å². The minimum atomic E-state index is -0.208. The van der Waals surface area contributed by atoms with Crippen LogP contribution in [0, 0.1) is 5.41 Å². The molecule has 138 valence electrons. The second-order valence-corrected chi connectivity index (χ2v) is 8.94. The van der Waals surface area contributed by atoms with E-state index in [1.165, 1.54) is 0 Å². The second kappa shape index (κ2) is 7.01. The number of nitrogens with one attached hydrogen (secondary N) is 2. The van der Waals surface area contributed by atoms with Crippen molar-refractivity contribution in [3.63, 3.8) is 0 Å². The topological polar surface area (TPSA) is 41.1 Å². The highest BCUT2D eigenvalue weighted by molar-refractivity contribution is 9.11. The lowest BCUT2D eigenvalue weighted by Gasteiger charge is -2.34. The number of ketones is 1. The molecule has 3 nitrogen and oxygen atoms in total. The van der Waals surface area contributed by atoms with Crippen LogP contribution in [0.2, 0.25) is 0 Å². The minimum Gasteiger partial charge on any atom is -0.372 e. The molecule has 1 heterocycles. The minimum absolute atomic E-state index is 0.0393. The molecule has 0 radical (unpaired) electrons. The molecule has 2 aromatic carbocycles. The van der Waals surface area contributed by atoms with Crippen molar-refractivity contribution in [2.24, 2.45) is 5.41 Å². The number of allylic oxidation sites excluding steroid dienone is 1. The van der Waals surface area contributed by atoms with Gasteiger partial charge in [0.15, 0.2) is 5.78 Å². The summed E-state index contributed by atoms with van der Waals surface area (Å²) in [5, 5.41) is 7.12. The Kier molecular flexibility index (Phi) is 4.68. The average Bonchev–Trinajstić information content (AvgIpc) is 2.78. The number of hydrogen-bond donors (Lipinski definition) is 2. The molecule has 4 heteroatoms. The van der Waals surface area contributed by atoms with Crippen molar-refractivity contribution in [1.82, 2.24) is 0 Å². The summed E-state index contributed by atoms with van der Waals surface area (Å²) in [4.78, 5) is 13.1. The van der Waals surface area contributed by atoms with Gasteiger partial charge >= 0.3 is 0 Å². The largest absolute Gasteiger partial charge is 0.372 e. The van der Waals surface area contributed by atoms with Crippen LogP contribution in [-0.4, -0.2) is 11.8 Å². The summed E-state index contributed by atoms with van der Waals surface area (Å²) < 4.78 is 0.952. The molecule has 0 amide bonds. The normalized spacial score (nSPS) is 21.5. The maximum Gasteiger partial charge on any atom is 0.163 e. The van der Waals surface area contributed by atoms with Crippen LogP contribution in [0.15, 0.2) is 70.3 Å². The third-order valence-electron chi connectivity index (χ3n) is 5.10. The molecular formula is C23H23BrN2O. The third kappa shape index (κ3) is 3.72. The van der Waals surface area contributed by atoms with Crippen LogP contribution in [0.1, 0.15) is 32.3 Å². The molecule has 0 bridgehead atoms. The standard InChI is InChI=1S/C23H23BrN2O/c1-23(2)13-19-21(20(27)14-23)22(16(24)12-15-8-4-3-5-9-15)26-18-11-7-6-10-17(18)25-19/h3-12,22,25-26H,13-14H2,1-2H3/b16-12-/t22-/m0/s1. The Labute approximate surface area is 168 Å².